The number of carboxylic acids is 1. The Kier molecular flexibility index (Phi) is 3.76. The third kappa shape index (κ3) is 2.70. The SMILES string of the molecule is COc1cccc(C(=O)O)c1OC1CCOC2(CCC2)C1. The summed E-state index contributed by atoms with van der Waals surface area (Å²) in [5.41, 5.74) is 0.109. The van der Waals surface area contributed by atoms with Gasteiger partial charge in [0.1, 0.15) is 11.7 Å². The molecule has 0 bridgehead atoms. The van der Waals surface area contributed by atoms with Crippen LogP contribution in [0.5, 0.6) is 11.5 Å². The van der Waals surface area contributed by atoms with Crippen molar-refractivity contribution in [3.63, 3.8) is 0 Å². The van der Waals surface area contributed by atoms with E-state index in [1.165, 1.54) is 13.5 Å². The Morgan fingerprint density at radius 1 is 1.43 bits per heavy atom. The minimum absolute atomic E-state index is 0.0200. The normalized spacial score (nSPS) is 23.4. The number of benzene rings is 1. The first-order valence-electron chi connectivity index (χ1n) is 7.34. The highest BCUT2D eigenvalue weighted by atomic mass is 16.5. The molecule has 1 atom stereocenters. The molecule has 1 unspecified atom stereocenters. The number of para-hydroxylation sites is 1. The van der Waals surface area contributed by atoms with Crippen LogP contribution in [0.2, 0.25) is 0 Å². The number of rotatable bonds is 4. The smallest absolute Gasteiger partial charge is 0.339 e. The molecule has 1 saturated heterocycles. The van der Waals surface area contributed by atoms with Crippen LogP contribution in [0.25, 0.3) is 0 Å². The number of carbonyl (C=O) groups is 1. The quantitative estimate of drug-likeness (QED) is 0.924. The number of ether oxygens (including phenoxy) is 3. The second-order valence-electron chi connectivity index (χ2n) is 5.76. The van der Waals surface area contributed by atoms with E-state index < -0.39 is 5.97 Å². The molecule has 114 valence electrons. The van der Waals surface area contributed by atoms with Gasteiger partial charge in [0.25, 0.3) is 0 Å². The molecule has 2 aliphatic rings. The van der Waals surface area contributed by atoms with E-state index in [0.717, 1.165) is 25.7 Å². The number of hydrogen-bond acceptors (Lipinski definition) is 4. The van der Waals surface area contributed by atoms with E-state index in [0.29, 0.717) is 18.1 Å². The van der Waals surface area contributed by atoms with Crippen LogP contribution in [-0.2, 0) is 4.74 Å². The average molecular weight is 292 g/mol. The summed E-state index contributed by atoms with van der Waals surface area (Å²) >= 11 is 0. The number of carboxylic acid groups (broad SMARTS) is 1. The Morgan fingerprint density at radius 3 is 2.86 bits per heavy atom. The fourth-order valence-electron chi connectivity index (χ4n) is 3.14. The standard InChI is InChI=1S/C16H20O5/c1-19-13-5-2-4-12(15(17)18)14(13)21-11-6-9-20-16(10-11)7-3-8-16/h2,4-5,11H,3,6-10H2,1H3,(H,17,18). The number of aromatic carboxylic acids is 1. The zero-order chi connectivity index (χ0) is 14.9. The molecular formula is C16H20O5. The van der Waals surface area contributed by atoms with Gasteiger partial charge in [-0.1, -0.05) is 6.07 Å². The summed E-state index contributed by atoms with van der Waals surface area (Å²) in [6, 6.07) is 4.92. The highest BCUT2D eigenvalue weighted by Gasteiger charge is 2.43. The summed E-state index contributed by atoms with van der Waals surface area (Å²) < 4.78 is 17.1. The topological polar surface area (TPSA) is 65.0 Å². The Balaban J connectivity index is 1.81. The minimum Gasteiger partial charge on any atom is -0.493 e. The van der Waals surface area contributed by atoms with Gasteiger partial charge in [0.05, 0.1) is 19.3 Å². The van der Waals surface area contributed by atoms with Crippen molar-refractivity contribution < 1.29 is 24.1 Å². The van der Waals surface area contributed by atoms with Gasteiger partial charge in [0.15, 0.2) is 11.5 Å². The monoisotopic (exact) mass is 292 g/mol. The molecule has 1 spiro atoms. The lowest BCUT2D eigenvalue weighted by atomic mass is 9.74. The predicted octanol–water partition coefficient (Wildman–Crippen LogP) is 2.87. The maximum absolute atomic E-state index is 11.4. The Morgan fingerprint density at radius 2 is 2.24 bits per heavy atom. The van der Waals surface area contributed by atoms with Gasteiger partial charge < -0.3 is 19.3 Å². The fraction of sp³-hybridized carbons (Fsp3) is 0.562. The summed E-state index contributed by atoms with van der Waals surface area (Å²) in [7, 11) is 1.52. The van der Waals surface area contributed by atoms with Crippen LogP contribution in [-0.4, -0.2) is 36.5 Å². The van der Waals surface area contributed by atoms with Crippen molar-refractivity contribution in [1.82, 2.24) is 0 Å². The molecule has 1 aliphatic carbocycles. The van der Waals surface area contributed by atoms with E-state index in [1.807, 2.05) is 0 Å². The minimum atomic E-state index is -1.01. The fourth-order valence-corrected chi connectivity index (χ4v) is 3.14. The van der Waals surface area contributed by atoms with E-state index >= 15 is 0 Å². The summed E-state index contributed by atoms with van der Waals surface area (Å²) in [5.74, 6) is -0.216. The van der Waals surface area contributed by atoms with E-state index in [4.69, 9.17) is 14.2 Å². The molecule has 0 radical (unpaired) electrons. The van der Waals surface area contributed by atoms with Crippen LogP contribution >= 0.6 is 0 Å². The van der Waals surface area contributed by atoms with E-state index in [1.54, 1.807) is 18.2 Å². The van der Waals surface area contributed by atoms with Crippen molar-refractivity contribution in [3.05, 3.63) is 23.8 Å². The first-order valence-corrected chi connectivity index (χ1v) is 7.34. The van der Waals surface area contributed by atoms with Gasteiger partial charge in [-0.25, -0.2) is 4.79 Å². The van der Waals surface area contributed by atoms with Gasteiger partial charge in [-0.3, -0.25) is 0 Å². The summed E-state index contributed by atoms with van der Waals surface area (Å²) in [5, 5.41) is 9.31. The van der Waals surface area contributed by atoms with Gasteiger partial charge in [-0.15, -0.1) is 0 Å². The molecule has 1 heterocycles. The molecule has 3 rings (SSSR count). The van der Waals surface area contributed by atoms with Crippen LogP contribution in [0.1, 0.15) is 42.5 Å². The number of methoxy groups -OCH3 is 1. The lowest BCUT2D eigenvalue weighted by Crippen LogP contribution is -2.48. The zero-order valence-electron chi connectivity index (χ0n) is 12.1. The van der Waals surface area contributed by atoms with Gasteiger partial charge in [-0.05, 0) is 31.4 Å². The van der Waals surface area contributed by atoms with Gasteiger partial charge in [0.2, 0.25) is 0 Å². The predicted molar refractivity (Wildman–Crippen MR) is 76.1 cm³/mol. The van der Waals surface area contributed by atoms with E-state index in [9.17, 15) is 9.90 Å². The van der Waals surface area contributed by atoms with Gasteiger partial charge >= 0.3 is 5.97 Å². The van der Waals surface area contributed by atoms with Crippen molar-refractivity contribution >= 4 is 5.97 Å². The highest BCUT2D eigenvalue weighted by Crippen LogP contribution is 2.44. The Labute approximate surface area is 123 Å². The lowest BCUT2D eigenvalue weighted by Gasteiger charge is -2.47. The second kappa shape index (κ2) is 5.56. The molecule has 1 N–H and O–H groups in total. The summed E-state index contributed by atoms with van der Waals surface area (Å²) in [6.45, 7) is 0.669. The molecule has 0 aromatic heterocycles. The van der Waals surface area contributed by atoms with Crippen molar-refractivity contribution in [2.24, 2.45) is 0 Å². The van der Waals surface area contributed by atoms with Crippen LogP contribution in [0.4, 0.5) is 0 Å². The molecule has 1 aliphatic heterocycles. The first-order chi connectivity index (χ1) is 10.1. The van der Waals surface area contributed by atoms with Crippen LogP contribution < -0.4 is 9.47 Å². The molecule has 1 saturated carbocycles. The number of hydrogen-bond donors (Lipinski definition) is 1. The Hall–Kier alpha value is -1.75. The van der Waals surface area contributed by atoms with Crippen molar-refractivity contribution in [1.29, 1.82) is 0 Å². The maximum atomic E-state index is 11.4. The zero-order valence-corrected chi connectivity index (χ0v) is 12.1. The third-order valence-electron chi connectivity index (χ3n) is 4.43. The molecular weight excluding hydrogens is 272 g/mol. The van der Waals surface area contributed by atoms with E-state index in [2.05, 4.69) is 0 Å². The first kappa shape index (κ1) is 14.2. The average Bonchev–Trinajstić information content (AvgIpc) is 2.46. The second-order valence-corrected chi connectivity index (χ2v) is 5.76. The van der Waals surface area contributed by atoms with Crippen LogP contribution in [0.3, 0.4) is 0 Å². The molecule has 0 amide bonds. The van der Waals surface area contributed by atoms with Crippen LogP contribution in [0.15, 0.2) is 18.2 Å². The molecule has 5 heteroatoms. The van der Waals surface area contributed by atoms with Crippen molar-refractivity contribution in [3.8, 4) is 11.5 Å². The maximum Gasteiger partial charge on any atom is 0.339 e. The molecule has 2 fully saturated rings. The van der Waals surface area contributed by atoms with Crippen molar-refractivity contribution in [2.75, 3.05) is 13.7 Å². The summed E-state index contributed by atoms with van der Waals surface area (Å²) in [4.78, 5) is 11.4. The molecule has 5 nitrogen and oxygen atoms in total. The van der Waals surface area contributed by atoms with Gasteiger partial charge in [0, 0.05) is 12.8 Å². The van der Waals surface area contributed by atoms with Crippen LogP contribution in [0, 0.1) is 0 Å². The largest absolute Gasteiger partial charge is 0.493 e. The van der Waals surface area contributed by atoms with Gasteiger partial charge in [-0.2, -0.15) is 0 Å². The molecule has 21 heavy (non-hydrogen) atoms. The lowest BCUT2D eigenvalue weighted by molar-refractivity contribution is -0.153. The summed E-state index contributed by atoms with van der Waals surface area (Å²) in [6.07, 6.45) is 4.92. The van der Waals surface area contributed by atoms with Crippen molar-refractivity contribution in [2.45, 2.75) is 43.8 Å². The molecule has 1 aromatic carbocycles. The van der Waals surface area contributed by atoms with E-state index in [-0.39, 0.29) is 17.3 Å². The highest BCUT2D eigenvalue weighted by molar-refractivity contribution is 5.92. The molecule has 1 aromatic rings. The Bertz CT molecular complexity index is 535. The third-order valence-corrected chi connectivity index (χ3v) is 4.43.